The third-order valence-electron chi connectivity index (χ3n) is 6.65. The van der Waals surface area contributed by atoms with Crippen molar-refractivity contribution in [3.8, 4) is 22.5 Å². The number of nitrogens with zero attached hydrogens (tertiary/aromatic N) is 4. The third kappa shape index (κ3) is 3.57. The molecule has 1 aromatic carbocycles. The number of pyridine rings is 1. The van der Waals surface area contributed by atoms with Crippen LogP contribution in [0.3, 0.4) is 0 Å². The number of nitrogens with two attached hydrogens (primary N) is 1. The van der Waals surface area contributed by atoms with E-state index in [0.29, 0.717) is 28.3 Å². The highest BCUT2D eigenvalue weighted by Crippen LogP contribution is 2.41. The molecule has 0 aliphatic carbocycles. The van der Waals surface area contributed by atoms with Gasteiger partial charge in [-0.05, 0) is 60.0 Å². The van der Waals surface area contributed by atoms with Gasteiger partial charge in [0, 0.05) is 23.7 Å². The molecule has 5 aromatic rings. The summed E-state index contributed by atoms with van der Waals surface area (Å²) < 4.78 is 44.4. The second-order valence-corrected chi connectivity index (χ2v) is 10.1. The number of thiophene rings is 1. The SMILES string of the molecule is CC1(C)C(=O)Nc2nc(-c3cc(-c4ccsc4)cn4c(Cc5c(F)ccc(F)c5F)ncc34)nc(N)c21. The van der Waals surface area contributed by atoms with Crippen LogP contribution in [0.25, 0.3) is 28.0 Å². The van der Waals surface area contributed by atoms with Gasteiger partial charge in [0.05, 0.1) is 22.7 Å². The maximum absolute atomic E-state index is 14.4. The molecule has 7 nitrogen and oxygen atoms in total. The predicted octanol–water partition coefficient (Wildman–Crippen LogP) is 5.34. The zero-order valence-electron chi connectivity index (χ0n) is 19.6. The highest BCUT2D eigenvalue weighted by Gasteiger charge is 2.42. The minimum Gasteiger partial charge on any atom is -0.383 e. The van der Waals surface area contributed by atoms with E-state index in [4.69, 9.17) is 5.73 Å². The van der Waals surface area contributed by atoms with E-state index in [9.17, 15) is 18.0 Å². The predicted molar refractivity (Wildman–Crippen MR) is 135 cm³/mol. The van der Waals surface area contributed by atoms with Gasteiger partial charge in [-0.2, -0.15) is 11.3 Å². The van der Waals surface area contributed by atoms with Crippen LogP contribution in [-0.4, -0.2) is 25.3 Å². The molecule has 4 aromatic heterocycles. The van der Waals surface area contributed by atoms with Crippen molar-refractivity contribution in [2.24, 2.45) is 0 Å². The zero-order chi connectivity index (χ0) is 26.1. The molecular formula is C26H19F3N6OS. The highest BCUT2D eigenvalue weighted by atomic mass is 32.1. The number of rotatable bonds is 4. The maximum atomic E-state index is 14.4. The first kappa shape index (κ1) is 23.2. The Hall–Kier alpha value is -4.25. The van der Waals surface area contributed by atoms with Crippen LogP contribution >= 0.6 is 11.3 Å². The smallest absolute Gasteiger partial charge is 0.235 e. The number of carbonyl (C=O) groups is 1. The number of imidazole rings is 1. The summed E-state index contributed by atoms with van der Waals surface area (Å²) in [4.78, 5) is 26.0. The Balaban J connectivity index is 1.56. The standard InChI is InChI=1S/C26H19F3N6OS/c1-26(2)20-22(30)32-23(33-24(20)34-25(26)36)15-7-13(12-5-6-37-11-12)10-35-18(15)9-31-19(35)8-14-16(27)3-4-17(28)21(14)29/h3-7,9-11H,8H2,1-2H3,(H3,30,32,33,34,36). The second-order valence-electron chi connectivity index (χ2n) is 9.32. The van der Waals surface area contributed by atoms with Crippen molar-refractivity contribution >= 4 is 34.4 Å². The van der Waals surface area contributed by atoms with Crippen molar-refractivity contribution in [1.82, 2.24) is 19.4 Å². The van der Waals surface area contributed by atoms with Crippen molar-refractivity contribution < 1.29 is 18.0 Å². The van der Waals surface area contributed by atoms with Gasteiger partial charge < -0.3 is 15.5 Å². The molecular weight excluding hydrogens is 501 g/mol. The summed E-state index contributed by atoms with van der Waals surface area (Å²) in [5.74, 6) is -2.43. The first-order chi connectivity index (χ1) is 17.6. The first-order valence-corrected chi connectivity index (χ1v) is 12.2. The number of anilines is 2. The normalized spacial score (nSPS) is 14.2. The number of nitrogens with one attached hydrogen (secondary N) is 1. The van der Waals surface area contributed by atoms with Gasteiger partial charge >= 0.3 is 0 Å². The zero-order valence-corrected chi connectivity index (χ0v) is 20.5. The molecule has 186 valence electrons. The number of benzene rings is 1. The van der Waals surface area contributed by atoms with E-state index in [-0.39, 0.29) is 24.0 Å². The summed E-state index contributed by atoms with van der Waals surface area (Å²) >= 11 is 1.51. The van der Waals surface area contributed by atoms with E-state index < -0.39 is 28.4 Å². The number of halogens is 3. The van der Waals surface area contributed by atoms with Gasteiger partial charge in [0.2, 0.25) is 5.91 Å². The lowest BCUT2D eigenvalue weighted by Crippen LogP contribution is -2.27. The van der Waals surface area contributed by atoms with Crippen molar-refractivity contribution in [3.05, 3.63) is 81.8 Å². The molecule has 0 spiro atoms. The minimum atomic E-state index is -1.25. The number of amides is 1. The van der Waals surface area contributed by atoms with E-state index in [0.717, 1.165) is 23.3 Å². The van der Waals surface area contributed by atoms with E-state index in [1.165, 1.54) is 17.5 Å². The Bertz CT molecular complexity index is 1730. The van der Waals surface area contributed by atoms with Crippen LogP contribution in [0.5, 0.6) is 0 Å². The van der Waals surface area contributed by atoms with E-state index in [1.807, 2.05) is 22.9 Å². The fraction of sp³-hybridized carbons (Fsp3) is 0.154. The Kier molecular flexibility index (Phi) is 5.09. The lowest BCUT2D eigenvalue weighted by Gasteiger charge is -2.16. The van der Waals surface area contributed by atoms with Crippen LogP contribution in [0.1, 0.15) is 30.8 Å². The molecule has 37 heavy (non-hydrogen) atoms. The molecule has 0 radical (unpaired) electrons. The Labute approximate surface area is 212 Å². The number of carbonyl (C=O) groups excluding carboxylic acids is 1. The molecule has 0 saturated heterocycles. The Morgan fingerprint density at radius 3 is 2.65 bits per heavy atom. The summed E-state index contributed by atoms with van der Waals surface area (Å²) in [5, 5.41) is 6.65. The number of fused-ring (bicyclic) bond motifs is 2. The average molecular weight is 521 g/mol. The quantitative estimate of drug-likeness (QED) is 0.312. The van der Waals surface area contributed by atoms with Crippen LogP contribution in [0.15, 0.2) is 47.4 Å². The topological polar surface area (TPSA) is 98.2 Å². The third-order valence-corrected chi connectivity index (χ3v) is 7.33. The van der Waals surface area contributed by atoms with Crippen molar-refractivity contribution in [2.45, 2.75) is 25.7 Å². The van der Waals surface area contributed by atoms with Gasteiger partial charge in [0.15, 0.2) is 17.5 Å². The molecule has 1 amide bonds. The highest BCUT2D eigenvalue weighted by molar-refractivity contribution is 7.08. The maximum Gasteiger partial charge on any atom is 0.235 e. The average Bonchev–Trinajstić information content (AvgIpc) is 3.58. The van der Waals surface area contributed by atoms with Gasteiger partial charge in [0.1, 0.15) is 23.3 Å². The van der Waals surface area contributed by atoms with Crippen LogP contribution in [0.2, 0.25) is 0 Å². The van der Waals surface area contributed by atoms with Gasteiger partial charge in [-0.25, -0.2) is 28.1 Å². The molecule has 3 N–H and O–H groups in total. The van der Waals surface area contributed by atoms with Crippen LogP contribution in [-0.2, 0) is 16.6 Å². The summed E-state index contributed by atoms with van der Waals surface area (Å²) in [6.45, 7) is 3.49. The number of aromatic nitrogens is 4. The number of hydrogen-bond acceptors (Lipinski definition) is 6. The summed E-state index contributed by atoms with van der Waals surface area (Å²) in [6.07, 6.45) is 3.04. The molecule has 11 heteroatoms. The Morgan fingerprint density at radius 2 is 1.89 bits per heavy atom. The van der Waals surface area contributed by atoms with Gasteiger partial charge in [0.25, 0.3) is 0 Å². The van der Waals surface area contributed by atoms with Gasteiger partial charge in [-0.1, -0.05) is 0 Å². The van der Waals surface area contributed by atoms with E-state index >= 15 is 0 Å². The fourth-order valence-corrected chi connectivity index (χ4v) is 5.28. The van der Waals surface area contributed by atoms with Crippen LogP contribution in [0.4, 0.5) is 24.8 Å². The van der Waals surface area contributed by atoms with E-state index in [1.54, 1.807) is 24.4 Å². The molecule has 5 heterocycles. The summed E-state index contributed by atoms with van der Waals surface area (Å²) in [7, 11) is 0. The largest absolute Gasteiger partial charge is 0.383 e. The summed E-state index contributed by atoms with van der Waals surface area (Å²) in [5.41, 5.74) is 8.30. The van der Waals surface area contributed by atoms with Crippen LogP contribution < -0.4 is 11.1 Å². The molecule has 0 fully saturated rings. The number of nitrogen functional groups attached to an aromatic ring is 1. The lowest BCUT2D eigenvalue weighted by atomic mass is 9.87. The van der Waals surface area contributed by atoms with Gasteiger partial charge in [-0.3, -0.25) is 4.79 Å². The molecule has 0 atom stereocenters. The van der Waals surface area contributed by atoms with Crippen molar-refractivity contribution in [1.29, 1.82) is 0 Å². The Morgan fingerprint density at radius 1 is 1.11 bits per heavy atom. The molecule has 1 aliphatic rings. The molecule has 1 aliphatic heterocycles. The molecule has 0 unspecified atom stereocenters. The number of hydrogen-bond donors (Lipinski definition) is 2. The van der Waals surface area contributed by atoms with Crippen molar-refractivity contribution in [2.75, 3.05) is 11.1 Å². The molecule has 6 rings (SSSR count). The van der Waals surface area contributed by atoms with Crippen LogP contribution in [0, 0.1) is 17.5 Å². The monoisotopic (exact) mass is 520 g/mol. The lowest BCUT2D eigenvalue weighted by molar-refractivity contribution is -0.119. The second kappa shape index (κ2) is 8.13. The minimum absolute atomic E-state index is 0.172. The van der Waals surface area contributed by atoms with E-state index in [2.05, 4.69) is 20.3 Å². The molecule has 0 bridgehead atoms. The van der Waals surface area contributed by atoms with Crippen molar-refractivity contribution in [3.63, 3.8) is 0 Å². The van der Waals surface area contributed by atoms with Gasteiger partial charge in [-0.15, -0.1) is 0 Å². The molecule has 0 saturated carbocycles. The first-order valence-electron chi connectivity index (χ1n) is 11.3. The summed E-state index contributed by atoms with van der Waals surface area (Å²) in [6, 6.07) is 5.44. The fourth-order valence-electron chi connectivity index (χ4n) is 4.62.